The van der Waals surface area contributed by atoms with Gasteiger partial charge in [-0.25, -0.2) is 0 Å². The SMILES string of the molecule is CCc1c(C)nn(CC(O)c2cccc(OC)c2)c1C. The number of hydrogen-bond acceptors (Lipinski definition) is 3. The van der Waals surface area contributed by atoms with Gasteiger partial charge in [-0.2, -0.15) is 5.10 Å². The zero-order chi connectivity index (χ0) is 14.7. The number of aromatic nitrogens is 2. The Balaban J connectivity index is 2.21. The number of aliphatic hydroxyl groups is 1. The van der Waals surface area contributed by atoms with Crippen LogP contribution in [-0.4, -0.2) is 22.0 Å². The van der Waals surface area contributed by atoms with E-state index in [0.29, 0.717) is 6.54 Å². The van der Waals surface area contributed by atoms with E-state index in [9.17, 15) is 5.11 Å². The molecule has 0 bridgehead atoms. The van der Waals surface area contributed by atoms with Crippen LogP contribution in [0.5, 0.6) is 5.75 Å². The second-order valence-electron chi connectivity index (χ2n) is 4.98. The van der Waals surface area contributed by atoms with Gasteiger partial charge in [-0.15, -0.1) is 0 Å². The fraction of sp³-hybridized carbons (Fsp3) is 0.438. The Kier molecular flexibility index (Phi) is 4.45. The molecule has 0 aliphatic heterocycles. The molecule has 4 nitrogen and oxygen atoms in total. The molecule has 1 unspecified atom stereocenters. The summed E-state index contributed by atoms with van der Waals surface area (Å²) >= 11 is 0. The first-order chi connectivity index (χ1) is 9.56. The van der Waals surface area contributed by atoms with Crippen molar-refractivity contribution in [2.24, 2.45) is 0 Å². The van der Waals surface area contributed by atoms with Crippen molar-refractivity contribution in [3.63, 3.8) is 0 Å². The maximum Gasteiger partial charge on any atom is 0.119 e. The zero-order valence-electron chi connectivity index (χ0n) is 12.6. The maximum atomic E-state index is 10.4. The number of rotatable bonds is 5. The predicted molar refractivity (Wildman–Crippen MR) is 79.0 cm³/mol. The van der Waals surface area contributed by atoms with Crippen LogP contribution in [0.3, 0.4) is 0 Å². The summed E-state index contributed by atoms with van der Waals surface area (Å²) in [5, 5.41) is 14.9. The van der Waals surface area contributed by atoms with Crippen molar-refractivity contribution < 1.29 is 9.84 Å². The maximum absolute atomic E-state index is 10.4. The summed E-state index contributed by atoms with van der Waals surface area (Å²) in [6.45, 7) is 6.65. The molecule has 0 amide bonds. The number of nitrogens with zero attached hydrogens (tertiary/aromatic N) is 2. The van der Waals surface area contributed by atoms with E-state index in [1.54, 1.807) is 7.11 Å². The molecule has 0 aliphatic carbocycles. The summed E-state index contributed by atoms with van der Waals surface area (Å²) in [5.74, 6) is 0.754. The van der Waals surface area contributed by atoms with Gasteiger partial charge >= 0.3 is 0 Å². The lowest BCUT2D eigenvalue weighted by Crippen LogP contribution is -2.11. The van der Waals surface area contributed by atoms with Gasteiger partial charge in [0.15, 0.2) is 0 Å². The standard InChI is InChI=1S/C16H22N2O2/c1-5-15-11(2)17-18(12(15)3)10-16(19)13-7-6-8-14(9-13)20-4/h6-9,16,19H,5,10H2,1-4H3. The largest absolute Gasteiger partial charge is 0.497 e. The van der Waals surface area contributed by atoms with Gasteiger partial charge in [0.05, 0.1) is 25.5 Å². The Hall–Kier alpha value is -1.81. The van der Waals surface area contributed by atoms with Crippen molar-refractivity contribution in [3.8, 4) is 5.75 Å². The van der Waals surface area contributed by atoms with Crippen LogP contribution in [0.2, 0.25) is 0 Å². The molecule has 1 heterocycles. The van der Waals surface area contributed by atoms with Gasteiger partial charge in [0.1, 0.15) is 5.75 Å². The lowest BCUT2D eigenvalue weighted by atomic mass is 10.1. The third-order valence-corrected chi connectivity index (χ3v) is 3.71. The van der Waals surface area contributed by atoms with Crippen LogP contribution in [0.1, 0.15) is 35.5 Å². The molecule has 108 valence electrons. The van der Waals surface area contributed by atoms with E-state index in [1.165, 1.54) is 5.56 Å². The monoisotopic (exact) mass is 274 g/mol. The Labute approximate surface area is 120 Å². The summed E-state index contributed by atoms with van der Waals surface area (Å²) < 4.78 is 7.07. The lowest BCUT2D eigenvalue weighted by Gasteiger charge is -2.13. The minimum absolute atomic E-state index is 0.458. The van der Waals surface area contributed by atoms with E-state index in [4.69, 9.17) is 4.74 Å². The molecule has 2 aromatic rings. The number of aryl methyl sites for hydroxylation is 1. The first-order valence-electron chi connectivity index (χ1n) is 6.91. The molecule has 0 spiro atoms. The molecule has 0 saturated carbocycles. The van der Waals surface area contributed by atoms with E-state index in [1.807, 2.05) is 35.9 Å². The molecule has 2 rings (SSSR count). The highest BCUT2D eigenvalue weighted by Gasteiger charge is 2.14. The first kappa shape index (κ1) is 14.6. The van der Waals surface area contributed by atoms with Crippen LogP contribution in [-0.2, 0) is 13.0 Å². The van der Waals surface area contributed by atoms with Crippen LogP contribution in [0.15, 0.2) is 24.3 Å². The predicted octanol–water partition coefficient (Wildman–Crippen LogP) is 2.80. The third-order valence-electron chi connectivity index (χ3n) is 3.71. The molecular weight excluding hydrogens is 252 g/mol. The minimum Gasteiger partial charge on any atom is -0.497 e. The van der Waals surface area contributed by atoms with Gasteiger partial charge in [0.2, 0.25) is 0 Å². The van der Waals surface area contributed by atoms with Crippen LogP contribution >= 0.6 is 0 Å². The molecular formula is C16H22N2O2. The molecule has 1 atom stereocenters. The molecule has 1 aromatic carbocycles. The first-order valence-corrected chi connectivity index (χ1v) is 6.91. The molecule has 1 N–H and O–H groups in total. The van der Waals surface area contributed by atoms with Crippen LogP contribution in [0, 0.1) is 13.8 Å². The summed E-state index contributed by atoms with van der Waals surface area (Å²) in [5.41, 5.74) is 4.28. The Morgan fingerprint density at radius 2 is 2.10 bits per heavy atom. The van der Waals surface area contributed by atoms with Gasteiger partial charge < -0.3 is 9.84 Å². The topological polar surface area (TPSA) is 47.3 Å². The van der Waals surface area contributed by atoms with Gasteiger partial charge in [-0.1, -0.05) is 19.1 Å². The van der Waals surface area contributed by atoms with Gasteiger partial charge in [0.25, 0.3) is 0 Å². The van der Waals surface area contributed by atoms with E-state index in [0.717, 1.165) is 29.1 Å². The molecule has 0 aliphatic rings. The molecule has 4 heteroatoms. The number of hydrogen-bond donors (Lipinski definition) is 1. The van der Waals surface area contributed by atoms with Crippen LogP contribution < -0.4 is 4.74 Å². The van der Waals surface area contributed by atoms with Crippen molar-refractivity contribution in [1.82, 2.24) is 9.78 Å². The normalized spacial score (nSPS) is 12.4. The second-order valence-corrected chi connectivity index (χ2v) is 4.98. The Bertz CT molecular complexity index is 590. The fourth-order valence-electron chi connectivity index (χ4n) is 2.54. The van der Waals surface area contributed by atoms with Crippen molar-refractivity contribution in [1.29, 1.82) is 0 Å². The quantitative estimate of drug-likeness (QED) is 0.912. The fourth-order valence-corrected chi connectivity index (χ4v) is 2.54. The summed E-state index contributed by atoms with van der Waals surface area (Å²) in [7, 11) is 1.63. The number of ether oxygens (including phenoxy) is 1. The average molecular weight is 274 g/mol. The molecule has 0 radical (unpaired) electrons. The lowest BCUT2D eigenvalue weighted by molar-refractivity contribution is 0.150. The van der Waals surface area contributed by atoms with Gasteiger partial charge in [-0.05, 0) is 43.5 Å². The second kappa shape index (κ2) is 6.09. The third kappa shape index (κ3) is 2.85. The average Bonchev–Trinajstić information content (AvgIpc) is 2.73. The molecule has 0 fully saturated rings. The van der Waals surface area contributed by atoms with Crippen molar-refractivity contribution in [2.45, 2.75) is 39.8 Å². The molecule has 1 aromatic heterocycles. The molecule has 20 heavy (non-hydrogen) atoms. The highest BCUT2D eigenvalue weighted by atomic mass is 16.5. The van der Waals surface area contributed by atoms with Crippen LogP contribution in [0.25, 0.3) is 0 Å². The zero-order valence-corrected chi connectivity index (χ0v) is 12.6. The van der Waals surface area contributed by atoms with Crippen molar-refractivity contribution >= 4 is 0 Å². The van der Waals surface area contributed by atoms with E-state index >= 15 is 0 Å². The smallest absolute Gasteiger partial charge is 0.119 e. The summed E-state index contributed by atoms with van der Waals surface area (Å²) in [6.07, 6.45) is 0.375. The Morgan fingerprint density at radius 1 is 1.35 bits per heavy atom. The van der Waals surface area contributed by atoms with Gasteiger partial charge in [-0.3, -0.25) is 4.68 Å². The van der Waals surface area contributed by atoms with Gasteiger partial charge in [0, 0.05) is 5.69 Å². The highest BCUT2D eigenvalue weighted by molar-refractivity contribution is 5.30. The number of benzene rings is 1. The minimum atomic E-state index is -0.590. The van der Waals surface area contributed by atoms with E-state index in [2.05, 4.69) is 18.9 Å². The Morgan fingerprint density at radius 3 is 2.70 bits per heavy atom. The van der Waals surface area contributed by atoms with E-state index in [-0.39, 0.29) is 0 Å². The van der Waals surface area contributed by atoms with E-state index < -0.39 is 6.10 Å². The van der Waals surface area contributed by atoms with Crippen LogP contribution in [0.4, 0.5) is 0 Å². The number of methoxy groups -OCH3 is 1. The number of aliphatic hydroxyl groups excluding tert-OH is 1. The van der Waals surface area contributed by atoms with Crippen molar-refractivity contribution in [3.05, 3.63) is 46.8 Å². The van der Waals surface area contributed by atoms with Crippen molar-refractivity contribution in [2.75, 3.05) is 7.11 Å². The highest BCUT2D eigenvalue weighted by Crippen LogP contribution is 2.22. The molecule has 0 saturated heterocycles. The summed E-state index contributed by atoms with van der Waals surface area (Å²) in [6, 6.07) is 7.52. The summed E-state index contributed by atoms with van der Waals surface area (Å²) in [4.78, 5) is 0.